The van der Waals surface area contributed by atoms with E-state index in [-0.39, 0.29) is 0 Å². The quantitative estimate of drug-likeness (QED) is 0.864. The summed E-state index contributed by atoms with van der Waals surface area (Å²) < 4.78 is 1.19. The van der Waals surface area contributed by atoms with Gasteiger partial charge < -0.3 is 15.5 Å². The molecule has 1 aliphatic heterocycles. The zero-order valence-corrected chi connectivity index (χ0v) is 13.0. The summed E-state index contributed by atoms with van der Waals surface area (Å²) in [6.07, 6.45) is 2.35. The molecule has 108 valence electrons. The molecule has 1 aromatic carbocycles. The molecule has 2 heterocycles. The average molecular weight is 290 g/mol. The van der Waals surface area contributed by atoms with Gasteiger partial charge in [0.25, 0.3) is 0 Å². The fourth-order valence-corrected chi connectivity index (χ4v) is 4.01. The molecule has 5 heteroatoms. The summed E-state index contributed by atoms with van der Waals surface area (Å²) in [6, 6.07) is 6.54. The van der Waals surface area contributed by atoms with E-state index in [1.54, 1.807) is 11.3 Å². The second-order valence-electron chi connectivity index (χ2n) is 5.59. The number of nitrogen functional groups attached to an aromatic ring is 1. The number of nitrogens with two attached hydrogens (primary N) is 1. The van der Waals surface area contributed by atoms with Crippen LogP contribution in [0.2, 0.25) is 0 Å². The summed E-state index contributed by atoms with van der Waals surface area (Å²) >= 11 is 1.76. The predicted octanol–water partition coefficient (Wildman–Crippen LogP) is 2.80. The van der Waals surface area contributed by atoms with Gasteiger partial charge >= 0.3 is 0 Å². The minimum absolute atomic E-state index is 0.556. The van der Waals surface area contributed by atoms with Crippen LogP contribution in [-0.4, -0.2) is 42.6 Å². The van der Waals surface area contributed by atoms with Crippen molar-refractivity contribution in [1.29, 1.82) is 0 Å². The van der Waals surface area contributed by atoms with Crippen molar-refractivity contribution in [1.82, 2.24) is 9.88 Å². The first kappa shape index (κ1) is 13.6. The average Bonchev–Trinajstić information content (AvgIpc) is 2.74. The number of aromatic nitrogens is 1. The van der Waals surface area contributed by atoms with Crippen molar-refractivity contribution < 1.29 is 0 Å². The van der Waals surface area contributed by atoms with Crippen LogP contribution in [-0.2, 0) is 0 Å². The van der Waals surface area contributed by atoms with Gasteiger partial charge in [-0.3, -0.25) is 0 Å². The normalized spacial score (nSPS) is 21.3. The molecule has 3 rings (SSSR count). The fraction of sp³-hybridized carbons (Fsp3) is 0.533. The first-order valence-corrected chi connectivity index (χ1v) is 8.10. The molecule has 4 nitrogen and oxygen atoms in total. The molecule has 0 amide bonds. The Bertz CT molecular complexity index is 595. The largest absolute Gasteiger partial charge is 0.399 e. The van der Waals surface area contributed by atoms with Gasteiger partial charge in [0.05, 0.1) is 10.2 Å². The molecule has 1 aromatic heterocycles. The number of rotatable bonds is 2. The highest BCUT2D eigenvalue weighted by atomic mass is 32.1. The van der Waals surface area contributed by atoms with Gasteiger partial charge in [0.2, 0.25) is 0 Å². The fourth-order valence-electron chi connectivity index (χ4n) is 2.90. The highest BCUT2D eigenvalue weighted by Gasteiger charge is 2.24. The SMILES string of the molecule is CCC1CN(C)CCCN1c1nc2ccc(N)cc2s1. The maximum atomic E-state index is 5.87. The van der Waals surface area contributed by atoms with Gasteiger partial charge in [-0.1, -0.05) is 18.3 Å². The Balaban J connectivity index is 1.95. The molecule has 0 aliphatic carbocycles. The van der Waals surface area contributed by atoms with Crippen LogP contribution in [0, 0.1) is 0 Å². The van der Waals surface area contributed by atoms with Crippen molar-refractivity contribution in [3.05, 3.63) is 18.2 Å². The second kappa shape index (κ2) is 5.58. The maximum absolute atomic E-state index is 5.87. The lowest BCUT2D eigenvalue weighted by molar-refractivity contribution is 0.328. The molecule has 0 spiro atoms. The van der Waals surface area contributed by atoms with Crippen molar-refractivity contribution in [3.63, 3.8) is 0 Å². The van der Waals surface area contributed by atoms with Gasteiger partial charge in [-0.2, -0.15) is 0 Å². The first-order chi connectivity index (χ1) is 9.67. The minimum Gasteiger partial charge on any atom is -0.399 e. The van der Waals surface area contributed by atoms with E-state index >= 15 is 0 Å². The Morgan fingerprint density at radius 1 is 1.40 bits per heavy atom. The number of nitrogens with zero attached hydrogens (tertiary/aromatic N) is 3. The van der Waals surface area contributed by atoms with E-state index in [1.807, 2.05) is 18.2 Å². The topological polar surface area (TPSA) is 45.4 Å². The highest BCUT2D eigenvalue weighted by molar-refractivity contribution is 7.22. The lowest BCUT2D eigenvalue weighted by Crippen LogP contribution is -2.39. The van der Waals surface area contributed by atoms with Gasteiger partial charge in [-0.15, -0.1) is 0 Å². The van der Waals surface area contributed by atoms with Gasteiger partial charge in [0.1, 0.15) is 0 Å². The van der Waals surface area contributed by atoms with Gasteiger partial charge in [0.15, 0.2) is 5.13 Å². The van der Waals surface area contributed by atoms with Crippen LogP contribution in [0.4, 0.5) is 10.8 Å². The number of fused-ring (bicyclic) bond motifs is 1. The maximum Gasteiger partial charge on any atom is 0.186 e. The molecule has 1 aliphatic rings. The third kappa shape index (κ3) is 2.60. The number of likely N-dealkylation sites (N-methyl/N-ethyl adjacent to an activating group) is 1. The first-order valence-electron chi connectivity index (χ1n) is 7.28. The zero-order valence-electron chi connectivity index (χ0n) is 12.2. The van der Waals surface area contributed by atoms with Crippen molar-refractivity contribution in [2.45, 2.75) is 25.8 Å². The molecular formula is C15H22N4S. The molecule has 0 bridgehead atoms. The molecule has 2 aromatic rings. The van der Waals surface area contributed by atoms with Crippen LogP contribution < -0.4 is 10.6 Å². The summed E-state index contributed by atoms with van der Waals surface area (Å²) in [7, 11) is 2.21. The smallest absolute Gasteiger partial charge is 0.186 e. The highest BCUT2D eigenvalue weighted by Crippen LogP contribution is 2.32. The molecule has 1 atom stereocenters. The van der Waals surface area contributed by atoms with Crippen LogP contribution in [0.1, 0.15) is 19.8 Å². The molecule has 1 fully saturated rings. The van der Waals surface area contributed by atoms with E-state index in [9.17, 15) is 0 Å². The second-order valence-corrected chi connectivity index (χ2v) is 6.60. The van der Waals surface area contributed by atoms with Gasteiger partial charge in [0, 0.05) is 24.8 Å². The van der Waals surface area contributed by atoms with E-state index < -0.39 is 0 Å². The Morgan fingerprint density at radius 2 is 2.25 bits per heavy atom. The number of thiazole rings is 1. The Morgan fingerprint density at radius 3 is 3.05 bits per heavy atom. The van der Waals surface area contributed by atoms with Crippen molar-refractivity contribution in [3.8, 4) is 0 Å². The molecule has 2 N–H and O–H groups in total. The summed E-state index contributed by atoms with van der Waals surface area (Å²) in [4.78, 5) is 9.73. The lowest BCUT2D eigenvalue weighted by Gasteiger charge is -2.29. The monoisotopic (exact) mass is 290 g/mol. The van der Waals surface area contributed by atoms with E-state index in [0.717, 1.165) is 35.8 Å². The van der Waals surface area contributed by atoms with Gasteiger partial charge in [-0.05, 0) is 44.6 Å². The molecule has 20 heavy (non-hydrogen) atoms. The molecule has 0 radical (unpaired) electrons. The van der Waals surface area contributed by atoms with E-state index in [1.165, 1.54) is 17.7 Å². The molecule has 1 unspecified atom stereocenters. The summed E-state index contributed by atoms with van der Waals surface area (Å²) in [5, 5.41) is 1.15. The zero-order chi connectivity index (χ0) is 14.1. The van der Waals surface area contributed by atoms with E-state index in [0.29, 0.717) is 6.04 Å². The Hall–Kier alpha value is -1.33. The predicted molar refractivity (Wildman–Crippen MR) is 87.6 cm³/mol. The van der Waals surface area contributed by atoms with Gasteiger partial charge in [-0.25, -0.2) is 4.98 Å². The van der Waals surface area contributed by atoms with Crippen LogP contribution in [0.15, 0.2) is 18.2 Å². The number of benzene rings is 1. The summed E-state index contributed by atoms with van der Waals surface area (Å²) in [5.74, 6) is 0. The number of hydrogen-bond acceptors (Lipinski definition) is 5. The van der Waals surface area contributed by atoms with E-state index in [4.69, 9.17) is 10.7 Å². The summed E-state index contributed by atoms with van der Waals surface area (Å²) in [6.45, 7) is 5.65. The third-order valence-electron chi connectivity index (χ3n) is 4.02. The van der Waals surface area contributed by atoms with Crippen LogP contribution in [0.3, 0.4) is 0 Å². The standard InChI is InChI=1S/C15H22N4S/c1-3-12-10-18(2)7-4-8-19(12)15-17-13-6-5-11(16)9-14(13)20-15/h5-6,9,12H,3-4,7-8,10,16H2,1-2H3. The van der Waals surface area contributed by atoms with Crippen LogP contribution in [0.25, 0.3) is 10.2 Å². The molecular weight excluding hydrogens is 268 g/mol. The third-order valence-corrected chi connectivity index (χ3v) is 5.08. The minimum atomic E-state index is 0.556. The summed E-state index contributed by atoms with van der Waals surface area (Å²) in [5.41, 5.74) is 7.74. The van der Waals surface area contributed by atoms with Crippen LogP contribution in [0.5, 0.6) is 0 Å². The van der Waals surface area contributed by atoms with Crippen molar-refractivity contribution in [2.24, 2.45) is 0 Å². The molecule has 1 saturated heterocycles. The lowest BCUT2D eigenvalue weighted by atomic mass is 10.2. The Labute approximate surface area is 124 Å². The van der Waals surface area contributed by atoms with Crippen LogP contribution >= 0.6 is 11.3 Å². The van der Waals surface area contributed by atoms with Crippen molar-refractivity contribution >= 4 is 32.4 Å². The Kier molecular flexibility index (Phi) is 3.81. The number of hydrogen-bond donors (Lipinski definition) is 1. The number of anilines is 2. The van der Waals surface area contributed by atoms with Crippen molar-refractivity contribution in [2.75, 3.05) is 37.3 Å². The molecule has 0 saturated carbocycles. The van der Waals surface area contributed by atoms with E-state index in [2.05, 4.69) is 23.8 Å².